The van der Waals surface area contributed by atoms with E-state index in [4.69, 9.17) is 14.2 Å². The Bertz CT molecular complexity index is 1240. The maximum absolute atomic E-state index is 13.4. The summed E-state index contributed by atoms with van der Waals surface area (Å²) in [6.07, 6.45) is 6.61. The number of rotatable bonds is 15. The average Bonchev–Trinajstić information content (AvgIpc) is 3.43. The third kappa shape index (κ3) is 9.19. The van der Waals surface area contributed by atoms with E-state index >= 15 is 0 Å². The zero-order chi connectivity index (χ0) is 29.2. The van der Waals surface area contributed by atoms with Gasteiger partial charge in [0.05, 0.1) is 21.3 Å². The lowest BCUT2D eigenvalue weighted by Crippen LogP contribution is -2.46. The Morgan fingerprint density at radius 2 is 1.49 bits per heavy atom. The second kappa shape index (κ2) is 15.0. The van der Waals surface area contributed by atoms with E-state index in [0.717, 1.165) is 81.8 Å². The Hall–Kier alpha value is -2.61. The molecule has 7 heteroatoms. The van der Waals surface area contributed by atoms with E-state index in [1.165, 1.54) is 28.7 Å². The van der Waals surface area contributed by atoms with Gasteiger partial charge in [-0.05, 0) is 86.4 Å². The monoisotopic (exact) mass is 582 g/mol. The number of thiophene rings is 1. The minimum absolute atomic E-state index is 0.141. The largest absolute Gasteiger partial charge is 0.493 e. The maximum atomic E-state index is 13.4. The van der Waals surface area contributed by atoms with Crippen LogP contribution in [0.5, 0.6) is 17.2 Å². The third-order valence-electron chi connectivity index (χ3n) is 8.29. The average molecular weight is 583 g/mol. The molecule has 3 aromatic rings. The van der Waals surface area contributed by atoms with Crippen molar-refractivity contribution < 1.29 is 18.6 Å². The van der Waals surface area contributed by atoms with Crippen LogP contribution in [0.1, 0.15) is 54.0 Å². The molecule has 0 bridgehead atoms. The Morgan fingerprint density at radius 3 is 2.17 bits per heavy atom. The number of nitrogens with zero attached hydrogens (tertiary/aromatic N) is 2. The molecule has 2 heterocycles. The van der Waals surface area contributed by atoms with Gasteiger partial charge in [0.2, 0.25) is 5.75 Å². The van der Waals surface area contributed by atoms with E-state index in [0.29, 0.717) is 16.9 Å². The Balaban J connectivity index is 1.16. The van der Waals surface area contributed by atoms with E-state index in [1.807, 2.05) is 23.5 Å². The summed E-state index contributed by atoms with van der Waals surface area (Å²) in [5, 5.41) is 0. The number of aryl methyl sites for hydroxylation is 3. The summed E-state index contributed by atoms with van der Waals surface area (Å²) >= 11 is 1.95. The molecule has 0 atom stereocenters. The van der Waals surface area contributed by atoms with Gasteiger partial charge in [-0.25, -0.2) is 4.39 Å². The minimum Gasteiger partial charge on any atom is -0.493 e. The van der Waals surface area contributed by atoms with Gasteiger partial charge < -0.3 is 19.1 Å². The van der Waals surface area contributed by atoms with Crippen LogP contribution in [0.3, 0.4) is 0 Å². The van der Waals surface area contributed by atoms with Gasteiger partial charge in [0.25, 0.3) is 0 Å². The molecule has 0 radical (unpaired) electrons. The van der Waals surface area contributed by atoms with Gasteiger partial charge in [-0.15, -0.1) is 11.3 Å². The molecule has 0 amide bonds. The standard InChI is InChI=1S/C34H47FN2O3S/c1-34(2,17-16-30-14-13-29(41-30)11-7-9-26-8-6-10-28(35)24-26)18-19-36-20-22-37(23-21-36)25-27-12-15-31(38-3)33(40-5)32(27)39-4/h6,8,10,12-15,24H,7,9,11,16-23,25H2,1-5H3. The molecule has 0 aliphatic carbocycles. The smallest absolute Gasteiger partial charge is 0.203 e. The molecule has 1 aliphatic heterocycles. The maximum Gasteiger partial charge on any atom is 0.203 e. The molecule has 224 valence electrons. The summed E-state index contributed by atoms with van der Waals surface area (Å²) in [6, 6.07) is 15.6. The highest BCUT2D eigenvalue weighted by Gasteiger charge is 2.24. The second-order valence-electron chi connectivity index (χ2n) is 11.9. The quantitative estimate of drug-likeness (QED) is 0.189. The summed E-state index contributed by atoms with van der Waals surface area (Å²) in [5.74, 6) is 1.97. The molecular formula is C34H47FN2O3S. The number of halogens is 1. The number of methoxy groups -OCH3 is 3. The molecule has 0 unspecified atom stereocenters. The van der Waals surface area contributed by atoms with Crippen LogP contribution < -0.4 is 14.2 Å². The summed E-state index contributed by atoms with van der Waals surface area (Å²) in [6.45, 7) is 11.1. The third-order valence-corrected chi connectivity index (χ3v) is 9.50. The molecular weight excluding hydrogens is 535 g/mol. The van der Waals surface area contributed by atoms with Gasteiger partial charge in [-0.1, -0.05) is 32.0 Å². The number of ether oxygens (including phenoxy) is 3. The fraction of sp³-hybridized carbons (Fsp3) is 0.529. The Kier molecular flexibility index (Phi) is 11.5. The summed E-state index contributed by atoms with van der Waals surface area (Å²) in [4.78, 5) is 8.04. The van der Waals surface area contributed by atoms with Crippen molar-refractivity contribution in [2.75, 3.05) is 54.1 Å². The second-order valence-corrected chi connectivity index (χ2v) is 13.1. The predicted molar refractivity (Wildman–Crippen MR) is 167 cm³/mol. The lowest BCUT2D eigenvalue weighted by atomic mass is 9.84. The Morgan fingerprint density at radius 1 is 0.780 bits per heavy atom. The van der Waals surface area contributed by atoms with Crippen LogP contribution in [-0.2, 0) is 25.8 Å². The lowest BCUT2D eigenvalue weighted by Gasteiger charge is -2.36. The topological polar surface area (TPSA) is 34.2 Å². The zero-order valence-corrected chi connectivity index (χ0v) is 26.3. The van der Waals surface area contributed by atoms with E-state index in [2.05, 4.69) is 41.8 Å². The fourth-order valence-corrected chi connectivity index (χ4v) is 6.66. The zero-order valence-electron chi connectivity index (χ0n) is 25.5. The van der Waals surface area contributed by atoms with E-state index in [-0.39, 0.29) is 5.82 Å². The van der Waals surface area contributed by atoms with Gasteiger partial charge in [-0.3, -0.25) is 4.90 Å². The highest BCUT2D eigenvalue weighted by molar-refractivity contribution is 7.11. The van der Waals surface area contributed by atoms with Gasteiger partial charge in [0, 0.05) is 48.0 Å². The molecule has 4 rings (SSSR count). The van der Waals surface area contributed by atoms with Crippen LogP contribution in [0.4, 0.5) is 4.39 Å². The van der Waals surface area contributed by atoms with E-state index in [9.17, 15) is 4.39 Å². The molecule has 41 heavy (non-hydrogen) atoms. The van der Waals surface area contributed by atoms with Crippen molar-refractivity contribution in [2.24, 2.45) is 5.41 Å². The molecule has 1 aromatic heterocycles. The van der Waals surface area contributed by atoms with Crippen LogP contribution in [0.15, 0.2) is 48.5 Å². The van der Waals surface area contributed by atoms with Crippen molar-refractivity contribution in [1.82, 2.24) is 9.80 Å². The molecule has 0 N–H and O–H groups in total. The van der Waals surface area contributed by atoms with Gasteiger partial charge in [0.1, 0.15) is 5.82 Å². The normalized spacial score (nSPS) is 14.8. The molecule has 5 nitrogen and oxygen atoms in total. The highest BCUT2D eigenvalue weighted by Crippen LogP contribution is 2.40. The van der Waals surface area contributed by atoms with Crippen molar-refractivity contribution in [3.63, 3.8) is 0 Å². The van der Waals surface area contributed by atoms with Gasteiger partial charge in [-0.2, -0.15) is 0 Å². The summed E-state index contributed by atoms with van der Waals surface area (Å²) in [5.41, 5.74) is 2.53. The van der Waals surface area contributed by atoms with Crippen LogP contribution in [-0.4, -0.2) is 63.9 Å². The van der Waals surface area contributed by atoms with Crippen molar-refractivity contribution in [3.8, 4) is 17.2 Å². The van der Waals surface area contributed by atoms with Crippen molar-refractivity contribution in [3.05, 3.63) is 75.2 Å². The van der Waals surface area contributed by atoms with Gasteiger partial charge >= 0.3 is 0 Å². The first-order valence-corrected chi connectivity index (χ1v) is 15.7. The first-order chi connectivity index (χ1) is 19.8. The summed E-state index contributed by atoms with van der Waals surface area (Å²) < 4.78 is 30.1. The number of hydrogen-bond donors (Lipinski definition) is 0. The molecule has 1 saturated heterocycles. The van der Waals surface area contributed by atoms with E-state index in [1.54, 1.807) is 33.5 Å². The number of piperazine rings is 1. The van der Waals surface area contributed by atoms with Crippen molar-refractivity contribution in [1.29, 1.82) is 0 Å². The molecule has 0 saturated carbocycles. The molecule has 1 fully saturated rings. The molecule has 0 spiro atoms. The number of hydrogen-bond acceptors (Lipinski definition) is 6. The predicted octanol–water partition coefficient (Wildman–Crippen LogP) is 7.26. The van der Waals surface area contributed by atoms with Crippen molar-refractivity contribution >= 4 is 11.3 Å². The highest BCUT2D eigenvalue weighted by atomic mass is 32.1. The first kappa shape index (κ1) is 31.3. The fourth-order valence-electron chi connectivity index (χ4n) is 5.60. The summed E-state index contributed by atoms with van der Waals surface area (Å²) in [7, 11) is 4.99. The lowest BCUT2D eigenvalue weighted by molar-refractivity contribution is 0.112. The van der Waals surface area contributed by atoms with Crippen LogP contribution in [0.2, 0.25) is 0 Å². The SMILES string of the molecule is COc1ccc(CN2CCN(CCC(C)(C)CCc3ccc(CCCc4cccc(F)c4)s3)CC2)c(OC)c1OC. The van der Waals surface area contributed by atoms with Crippen molar-refractivity contribution in [2.45, 2.75) is 58.9 Å². The molecule has 2 aromatic carbocycles. The van der Waals surface area contributed by atoms with Crippen LogP contribution in [0, 0.1) is 11.2 Å². The Labute approximate surface area is 250 Å². The van der Waals surface area contributed by atoms with E-state index < -0.39 is 0 Å². The van der Waals surface area contributed by atoms with Gasteiger partial charge in [0.15, 0.2) is 11.5 Å². The van der Waals surface area contributed by atoms with Crippen LogP contribution in [0.25, 0.3) is 0 Å². The minimum atomic E-state index is -0.141. The van der Waals surface area contributed by atoms with Crippen LogP contribution >= 0.6 is 11.3 Å². The number of benzene rings is 2. The first-order valence-electron chi connectivity index (χ1n) is 14.8. The molecule has 1 aliphatic rings.